The number of rotatable bonds is 8. The van der Waals surface area contributed by atoms with E-state index in [1.165, 1.54) is 26.2 Å². The zero-order valence-corrected chi connectivity index (χ0v) is 20.0. The number of hydrogen-bond donors (Lipinski definition) is 3. The monoisotopic (exact) mass is 489 g/mol. The number of phenolic OH excluding ortho intramolecular Hbond substituents is 1. The predicted octanol–water partition coefficient (Wildman–Crippen LogP) is 3.65. The van der Waals surface area contributed by atoms with E-state index in [4.69, 9.17) is 4.42 Å². The fourth-order valence-corrected chi connectivity index (χ4v) is 4.60. The molecule has 174 valence electrons. The molecule has 0 saturated carbocycles. The molecule has 11 nitrogen and oxygen atoms in total. The molecule has 1 aromatic carbocycles. The Hall–Kier alpha value is -3.29. The lowest BCUT2D eigenvalue weighted by molar-refractivity contribution is 0.452. The van der Waals surface area contributed by atoms with Gasteiger partial charge in [0.2, 0.25) is 21.3 Å². The molecule has 4 rings (SSSR count). The van der Waals surface area contributed by atoms with Crippen LogP contribution in [0.1, 0.15) is 30.9 Å². The standard InChI is InChI=1S/C20H23N7O4S2/c1-5-12(14-10-9-11(2)31-14)21-17-18(24-20-19(23-17)25-32-26-20)22-13-7-6-8-15(16(13)28)33(29,30)27(3)4/h6-10,12,28H,5H2,1-4H3,(H,21,23,25)(H,22,24,26)/t12-/m1/s1. The van der Waals surface area contributed by atoms with Crippen molar-refractivity contribution in [3.05, 3.63) is 41.9 Å². The average molecular weight is 490 g/mol. The lowest BCUT2D eigenvalue weighted by atomic mass is 10.1. The highest BCUT2D eigenvalue weighted by atomic mass is 32.2. The molecular formula is C20H23N7O4S2. The molecule has 0 aliphatic carbocycles. The van der Waals surface area contributed by atoms with Gasteiger partial charge in [0.15, 0.2) is 17.4 Å². The molecule has 3 heterocycles. The smallest absolute Gasteiger partial charge is 0.246 e. The lowest BCUT2D eigenvalue weighted by Crippen LogP contribution is -2.22. The molecule has 0 radical (unpaired) electrons. The molecule has 1 atom stereocenters. The molecular weight excluding hydrogens is 466 g/mol. The van der Waals surface area contributed by atoms with Crippen LogP contribution in [-0.4, -0.2) is 50.6 Å². The summed E-state index contributed by atoms with van der Waals surface area (Å²) in [4.78, 5) is 8.79. The summed E-state index contributed by atoms with van der Waals surface area (Å²) in [5, 5.41) is 17.0. The third-order valence-electron chi connectivity index (χ3n) is 4.95. The molecule has 0 unspecified atom stereocenters. The quantitative estimate of drug-likeness (QED) is 0.313. The van der Waals surface area contributed by atoms with Crippen molar-refractivity contribution in [2.75, 3.05) is 24.7 Å². The summed E-state index contributed by atoms with van der Waals surface area (Å²) >= 11 is 0.980. The summed E-state index contributed by atoms with van der Waals surface area (Å²) in [5.41, 5.74) is 0.845. The van der Waals surface area contributed by atoms with Gasteiger partial charge in [-0.25, -0.2) is 22.7 Å². The summed E-state index contributed by atoms with van der Waals surface area (Å²) in [5.74, 6) is 1.71. The Bertz CT molecular complexity index is 1400. The first-order valence-corrected chi connectivity index (χ1v) is 12.2. The van der Waals surface area contributed by atoms with Gasteiger partial charge < -0.3 is 20.2 Å². The Morgan fingerprint density at radius 1 is 1.12 bits per heavy atom. The second kappa shape index (κ2) is 8.92. The van der Waals surface area contributed by atoms with Gasteiger partial charge in [-0.15, -0.1) is 0 Å². The zero-order chi connectivity index (χ0) is 23.8. The van der Waals surface area contributed by atoms with Gasteiger partial charge in [-0.05, 0) is 37.6 Å². The first-order chi connectivity index (χ1) is 15.7. The van der Waals surface area contributed by atoms with E-state index in [2.05, 4.69) is 29.3 Å². The summed E-state index contributed by atoms with van der Waals surface area (Å²) in [6, 6.07) is 7.98. The fourth-order valence-electron chi connectivity index (χ4n) is 3.16. The van der Waals surface area contributed by atoms with E-state index in [0.29, 0.717) is 23.5 Å². The zero-order valence-electron chi connectivity index (χ0n) is 18.4. The van der Waals surface area contributed by atoms with Crippen LogP contribution in [0.3, 0.4) is 0 Å². The average Bonchev–Trinajstić information content (AvgIpc) is 3.41. The van der Waals surface area contributed by atoms with E-state index < -0.39 is 15.8 Å². The number of aromatic nitrogens is 4. The van der Waals surface area contributed by atoms with Crippen molar-refractivity contribution in [2.45, 2.75) is 31.2 Å². The first-order valence-electron chi connectivity index (χ1n) is 10.1. The maximum Gasteiger partial charge on any atom is 0.246 e. The number of fused-ring (bicyclic) bond motifs is 1. The van der Waals surface area contributed by atoms with Crippen LogP contribution in [0.2, 0.25) is 0 Å². The van der Waals surface area contributed by atoms with Gasteiger partial charge in [0, 0.05) is 14.1 Å². The normalized spacial score (nSPS) is 12.9. The van der Waals surface area contributed by atoms with Crippen LogP contribution in [0, 0.1) is 6.92 Å². The predicted molar refractivity (Wildman–Crippen MR) is 125 cm³/mol. The van der Waals surface area contributed by atoms with Crippen molar-refractivity contribution in [1.29, 1.82) is 0 Å². The van der Waals surface area contributed by atoms with Gasteiger partial charge in [0.05, 0.1) is 23.5 Å². The summed E-state index contributed by atoms with van der Waals surface area (Å²) in [7, 11) is -1.07. The van der Waals surface area contributed by atoms with Gasteiger partial charge in [-0.3, -0.25) is 0 Å². The number of hydrogen-bond acceptors (Lipinski definition) is 11. The second-order valence-corrected chi connectivity index (χ2v) is 10.1. The number of aryl methyl sites for hydroxylation is 1. The molecule has 0 aliphatic heterocycles. The minimum Gasteiger partial charge on any atom is -0.504 e. The Balaban J connectivity index is 1.75. The maximum atomic E-state index is 12.6. The third kappa shape index (κ3) is 4.47. The summed E-state index contributed by atoms with van der Waals surface area (Å²) in [6.07, 6.45) is 0.698. The maximum absolute atomic E-state index is 12.6. The third-order valence-corrected chi connectivity index (χ3v) is 7.30. The van der Waals surface area contributed by atoms with Crippen molar-refractivity contribution >= 4 is 50.4 Å². The van der Waals surface area contributed by atoms with Crippen LogP contribution in [0.5, 0.6) is 5.75 Å². The minimum absolute atomic E-state index is 0.153. The number of benzene rings is 1. The molecule has 0 fully saturated rings. The number of para-hydroxylation sites is 1. The van der Waals surface area contributed by atoms with E-state index in [-0.39, 0.29) is 22.4 Å². The van der Waals surface area contributed by atoms with Gasteiger partial charge >= 0.3 is 0 Å². The number of furan rings is 1. The molecule has 0 bridgehead atoms. The molecule has 0 spiro atoms. The molecule has 3 N–H and O–H groups in total. The number of anilines is 3. The van der Waals surface area contributed by atoms with E-state index in [0.717, 1.165) is 27.6 Å². The highest BCUT2D eigenvalue weighted by molar-refractivity contribution is 7.89. The minimum atomic E-state index is -3.86. The molecule has 0 aliphatic rings. The van der Waals surface area contributed by atoms with Crippen LogP contribution in [0.4, 0.5) is 17.3 Å². The molecule has 33 heavy (non-hydrogen) atoms. The van der Waals surface area contributed by atoms with Gasteiger partial charge in [-0.1, -0.05) is 13.0 Å². The molecule has 13 heteroatoms. The Labute approximate surface area is 194 Å². The van der Waals surface area contributed by atoms with Crippen molar-refractivity contribution in [2.24, 2.45) is 0 Å². The van der Waals surface area contributed by atoms with Crippen LogP contribution >= 0.6 is 11.7 Å². The molecule has 4 aromatic rings. The lowest BCUT2D eigenvalue weighted by Gasteiger charge is -2.19. The highest BCUT2D eigenvalue weighted by Gasteiger charge is 2.24. The van der Waals surface area contributed by atoms with Crippen molar-refractivity contribution in [1.82, 2.24) is 23.0 Å². The molecule has 0 saturated heterocycles. The number of nitrogens with one attached hydrogen (secondary N) is 2. The SMILES string of the molecule is CC[C@@H](Nc1nc2nsnc2nc1Nc1cccc(S(=O)(=O)N(C)C)c1O)c1ccc(C)o1. The van der Waals surface area contributed by atoms with Crippen molar-refractivity contribution in [3.8, 4) is 5.75 Å². The van der Waals surface area contributed by atoms with Crippen molar-refractivity contribution in [3.63, 3.8) is 0 Å². The van der Waals surface area contributed by atoms with Crippen LogP contribution in [0.25, 0.3) is 11.3 Å². The van der Waals surface area contributed by atoms with E-state index in [1.807, 2.05) is 26.0 Å². The fraction of sp³-hybridized carbons (Fsp3) is 0.300. The van der Waals surface area contributed by atoms with Gasteiger partial charge in [-0.2, -0.15) is 8.75 Å². The number of aromatic hydroxyl groups is 1. The van der Waals surface area contributed by atoms with E-state index in [1.54, 1.807) is 6.07 Å². The Morgan fingerprint density at radius 3 is 2.42 bits per heavy atom. The number of nitrogens with zero attached hydrogens (tertiary/aromatic N) is 5. The van der Waals surface area contributed by atoms with Crippen LogP contribution < -0.4 is 10.6 Å². The van der Waals surface area contributed by atoms with Crippen LogP contribution in [-0.2, 0) is 10.0 Å². The summed E-state index contributed by atoms with van der Waals surface area (Å²) in [6.45, 7) is 3.87. The number of sulfonamides is 1. The van der Waals surface area contributed by atoms with E-state index >= 15 is 0 Å². The van der Waals surface area contributed by atoms with Gasteiger partial charge in [0.25, 0.3) is 0 Å². The largest absolute Gasteiger partial charge is 0.504 e. The summed E-state index contributed by atoms with van der Waals surface area (Å²) < 4.78 is 40.2. The Kier molecular flexibility index (Phi) is 6.19. The van der Waals surface area contributed by atoms with Crippen molar-refractivity contribution < 1.29 is 17.9 Å². The van der Waals surface area contributed by atoms with Gasteiger partial charge in [0.1, 0.15) is 16.4 Å². The molecule has 0 amide bonds. The molecule has 3 aromatic heterocycles. The van der Waals surface area contributed by atoms with Crippen LogP contribution in [0.15, 0.2) is 39.6 Å². The first kappa shape index (κ1) is 22.9. The second-order valence-electron chi connectivity index (χ2n) is 7.45. The Morgan fingerprint density at radius 2 is 1.82 bits per heavy atom. The number of phenols is 1. The van der Waals surface area contributed by atoms with E-state index in [9.17, 15) is 13.5 Å². The topological polar surface area (TPSA) is 146 Å². The highest BCUT2D eigenvalue weighted by Crippen LogP contribution is 2.36.